The van der Waals surface area contributed by atoms with Crippen LogP contribution < -0.4 is 5.32 Å². The second-order valence-electron chi connectivity index (χ2n) is 3.03. The molecule has 1 fully saturated rings. The van der Waals surface area contributed by atoms with Crippen LogP contribution in [0.2, 0.25) is 0 Å². The maximum atomic E-state index is 11.3. The Balaban J connectivity index is 2.74. The van der Waals surface area contributed by atoms with Gasteiger partial charge in [-0.05, 0) is 6.42 Å². The number of hydrogen-bond donors (Lipinski definition) is 2. The summed E-state index contributed by atoms with van der Waals surface area (Å²) in [7, 11) is 0. The molecule has 1 heterocycles. The molecule has 0 aliphatic carbocycles. The number of hydrogen-bond acceptors (Lipinski definition) is 4. The molecule has 1 aliphatic heterocycles. The van der Waals surface area contributed by atoms with E-state index < -0.39 is 23.3 Å². The number of β-lactam (4-membered cyclic amide) rings is 1. The molecule has 14 heavy (non-hydrogen) atoms. The summed E-state index contributed by atoms with van der Waals surface area (Å²) in [6, 6.07) is 0. The number of esters is 1. The Hall–Kier alpha value is -1.59. The number of carboxylic acid groups (broad SMARTS) is 1. The fourth-order valence-corrected chi connectivity index (χ4v) is 1.08. The van der Waals surface area contributed by atoms with Crippen molar-refractivity contribution >= 4 is 17.8 Å². The van der Waals surface area contributed by atoms with Crippen LogP contribution in [-0.4, -0.2) is 36.1 Å². The average Bonchev–Trinajstić information content (AvgIpc) is 2.12. The van der Waals surface area contributed by atoms with Crippen molar-refractivity contribution in [2.45, 2.75) is 13.3 Å². The van der Waals surface area contributed by atoms with Crippen LogP contribution in [0.5, 0.6) is 0 Å². The molecule has 0 aromatic heterocycles. The van der Waals surface area contributed by atoms with Gasteiger partial charge in [-0.1, -0.05) is 6.92 Å². The second-order valence-corrected chi connectivity index (χ2v) is 3.03. The second kappa shape index (κ2) is 3.65. The molecule has 78 valence electrons. The molecule has 1 atom stereocenters. The number of amides is 1. The first-order chi connectivity index (χ1) is 6.55. The van der Waals surface area contributed by atoms with Gasteiger partial charge < -0.3 is 15.2 Å². The molecule has 0 aromatic rings. The van der Waals surface area contributed by atoms with Crippen molar-refractivity contribution < 1.29 is 24.2 Å². The van der Waals surface area contributed by atoms with Gasteiger partial charge in [0.15, 0.2) is 0 Å². The largest absolute Gasteiger partial charge is 0.480 e. The summed E-state index contributed by atoms with van der Waals surface area (Å²) in [6.07, 6.45) is 0.586. The van der Waals surface area contributed by atoms with E-state index in [0.29, 0.717) is 6.42 Å². The van der Waals surface area contributed by atoms with Crippen LogP contribution in [0.3, 0.4) is 0 Å². The first-order valence-corrected chi connectivity index (χ1v) is 4.24. The molecule has 6 nitrogen and oxygen atoms in total. The highest BCUT2D eigenvalue weighted by atomic mass is 16.5. The number of nitrogens with one attached hydrogen (secondary N) is 1. The zero-order valence-corrected chi connectivity index (χ0v) is 7.70. The number of aliphatic carboxylic acids is 1. The van der Waals surface area contributed by atoms with E-state index in [9.17, 15) is 14.4 Å². The van der Waals surface area contributed by atoms with E-state index in [2.05, 4.69) is 10.1 Å². The highest BCUT2D eigenvalue weighted by molar-refractivity contribution is 6.22. The predicted molar refractivity (Wildman–Crippen MR) is 44.3 cm³/mol. The molecule has 0 saturated carbocycles. The zero-order valence-electron chi connectivity index (χ0n) is 7.70. The first-order valence-electron chi connectivity index (χ1n) is 4.24. The van der Waals surface area contributed by atoms with Crippen molar-refractivity contribution in [3.05, 3.63) is 0 Å². The Morgan fingerprint density at radius 1 is 1.64 bits per heavy atom. The monoisotopic (exact) mass is 201 g/mol. The molecule has 2 N–H and O–H groups in total. The van der Waals surface area contributed by atoms with E-state index in [-0.39, 0.29) is 13.2 Å². The summed E-state index contributed by atoms with van der Waals surface area (Å²) in [5.41, 5.74) is -2.00. The van der Waals surface area contributed by atoms with Crippen molar-refractivity contribution in [3.63, 3.8) is 0 Å². The number of carbonyl (C=O) groups is 3. The topological polar surface area (TPSA) is 92.7 Å². The van der Waals surface area contributed by atoms with Crippen LogP contribution in [-0.2, 0) is 19.1 Å². The molecule has 0 bridgehead atoms. The lowest BCUT2D eigenvalue weighted by molar-refractivity contribution is -0.178. The third kappa shape index (κ3) is 1.32. The van der Waals surface area contributed by atoms with Gasteiger partial charge >= 0.3 is 11.9 Å². The lowest BCUT2D eigenvalue weighted by Crippen LogP contribution is -2.67. The first kappa shape index (κ1) is 10.5. The molecule has 1 rings (SSSR count). The highest BCUT2D eigenvalue weighted by Crippen LogP contribution is 2.26. The minimum absolute atomic E-state index is 0.126. The fourth-order valence-electron chi connectivity index (χ4n) is 1.08. The summed E-state index contributed by atoms with van der Waals surface area (Å²) in [6.45, 7) is 1.71. The summed E-state index contributed by atoms with van der Waals surface area (Å²) in [5.74, 6) is -3.23. The summed E-state index contributed by atoms with van der Waals surface area (Å²) in [5, 5.41) is 11.0. The Morgan fingerprint density at radius 3 is 2.57 bits per heavy atom. The molecule has 6 heteroatoms. The van der Waals surface area contributed by atoms with Crippen LogP contribution in [0, 0.1) is 5.41 Å². The lowest BCUT2D eigenvalue weighted by Gasteiger charge is -2.33. The van der Waals surface area contributed by atoms with Crippen molar-refractivity contribution in [3.8, 4) is 0 Å². The third-order valence-corrected chi connectivity index (χ3v) is 2.05. The molecule has 1 aliphatic rings. The quantitative estimate of drug-likeness (QED) is 0.351. The number of carboxylic acids is 1. The minimum atomic E-state index is -2.00. The standard InChI is InChI=1S/C8H11NO5/c1-2-3-14-7(13)8(6(11)12)4-9-5(8)10/h2-4H2,1H3,(H,9,10)(H,11,12). The van der Waals surface area contributed by atoms with E-state index in [1.165, 1.54) is 0 Å². The summed E-state index contributed by atoms with van der Waals surface area (Å²) < 4.78 is 4.65. The lowest BCUT2D eigenvalue weighted by atomic mass is 9.81. The smallest absolute Gasteiger partial charge is 0.335 e. The van der Waals surface area contributed by atoms with Gasteiger partial charge in [0, 0.05) is 0 Å². The van der Waals surface area contributed by atoms with E-state index in [1.54, 1.807) is 6.92 Å². The van der Waals surface area contributed by atoms with Gasteiger partial charge in [-0.3, -0.25) is 14.4 Å². The fraction of sp³-hybridized carbons (Fsp3) is 0.625. The molecule has 1 unspecified atom stereocenters. The SMILES string of the molecule is CCCOC(=O)C1(C(=O)O)CNC1=O. The van der Waals surface area contributed by atoms with Gasteiger partial charge in [-0.15, -0.1) is 0 Å². The molecule has 0 aromatic carbocycles. The normalized spacial score (nSPS) is 24.8. The van der Waals surface area contributed by atoms with Crippen LogP contribution >= 0.6 is 0 Å². The Morgan fingerprint density at radius 2 is 2.29 bits per heavy atom. The van der Waals surface area contributed by atoms with Gasteiger partial charge in [0.1, 0.15) is 0 Å². The van der Waals surface area contributed by atoms with Crippen molar-refractivity contribution in [1.82, 2.24) is 5.32 Å². The average molecular weight is 201 g/mol. The predicted octanol–water partition coefficient (Wildman–Crippen LogP) is -0.860. The van der Waals surface area contributed by atoms with Crippen LogP contribution in [0.4, 0.5) is 0 Å². The van der Waals surface area contributed by atoms with Crippen LogP contribution in [0.1, 0.15) is 13.3 Å². The molecule has 0 spiro atoms. The maximum absolute atomic E-state index is 11.3. The van der Waals surface area contributed by atoms with E-state index >= 15 is 0 Å². The maximum Gasteiger partial charge on any atom is 0.335 e. The van der Waals surface area contributed by atoms with E-state index in [0.717, 1.165) is 0 Å². The number of carbonyl (C=O) groups excluding carboxylic acids is 2. The zero-order chi connectivity index (χ0) is 10.8. The van der Waals surface area contributed by atoms with Gasteiger partial charge in [0.2, 0.25) is 0 Å². The van der Waals surface area contributed by atoms with Gasteiger partial charge in [-0.25, -0.2) is 0 Å². The summed E-state index contributed by atoms with van der Waals surface area (Å²) >= 11 is 0. The van der Waals surface area contributed by atoms with Gasteiger partial charge in [0.05, 0.1) is 13.2 Å². The van der Waals surface area contributed by atoms with E-state index in [1.807, 2.05) is 0 Å². The van der Waals surface area contributed by atoms with E-state index in [4.69, 9.17) is 5.11 Å². The number of ether oxygens (including phenoxy) is 1. The highest BCUT2D eigenvalue weighted by Gasteiger charge is 2.61. The van der Waals surface area contributed by atoms with Gasteiger partial charge in [0.25, 0.3) is 11.3 Å². The van der Waals surface area contributed by atoms with Crippen molar-refractivity contribution in [2.75, 3.05) is 13.2 Å². The van der Waals surface area contributed by atoms with Crippen LogP contribution in [0.25, 0.3) is 0 Å². The Bertz CT molecular complexity index is 277. The van der Waals surface area contributed by atoms with Crippen molar-refractivity contribution in [1.29, 1.82) is 0 Å². The number of rotatable bonds is 4. The molecular formula is C8H11NO5. The molecular weight excluding hydrogens is 190 g/mol. The minimum Gasteiger partial charge on any atom is -0.480 e. The third-order valence-electron chi connectivity index (χ3n) is 2.05. The van der Waals surface area contributed by atoms with Crippen molar-refractivity contribution in [2.24, 2.45) is 5.41 Å². The van der Waals surface area contributed by atoms with Gasteiger partial charge in [-0.2, -0.15) is 0 Å². The summed E-state index contributed by atoms with van der Waals surface area (Å²) in [4.78, 5) is 33.1. The molecule has 0 radical (unpaired) electrons. The molecule has 1 saturated heterocycles. The Kier molecular flexibility index (Phi) is 2.73. The van der Waals surface area contributed by atoms with Crippen LogP contribution in [0.15, 0.2) is 0 Å². The molecule has 1 amide bonds. The Labute approximate surface area is 80.2 Å².